The Kier molecular flexibility index (Phi) is 5.10. The van der Waals surface area contributed by atoms with Gasteiger partial charge in [0.2, 0.25) is 0 Å². The summed E-state index contributed by atoms with van der Waals surface area (Å²) in [6.45, 7) is -0.200. The summed E-state index contributed by atoms with van der Waals surface area (Å²) in [5.74, 6) is 0.197. The molecular weight excluding hydrogens is 316 g/mol. The van der Waals surface area contributed by atoms with Gasteiger partial charge in [-0.1, -0.05) is 18.6 Å². The van der Waals surface area contributed by atoms with Crippen LogP contribution in [0, 0.1) is 0 Å². The molecule has 134 valence electrons. The smallest absolute Gasteiger partial charge is 0.186 e. The van der Waals surface area contributed by atoms with Gasteiger partial charge in [0.15, 0.2) is 6.29 Å². The normalized spacial score (nSPS) is 35.4. The van der Waals surface area contributed by atoms with E-state index in [1.807, 2.05) is 12.1 Å². The summed E-state index contributed by atoms with van der Waals surface area (Å²) in [4.78, 5) is 0. The van der Waals surface area contributed by atoms with Gasteiger partial charge in [0.1, 0.15) is 30.2 Å². The maximum absolute atomic E-state index is 10.0. The van der Waals surface area contributed by atoms with Gasteiger partial charge in [-0.2, -0.15) is 0 Å². The molecule has 0 unspecified atom stereocenters. The molecule has 1 saturated carbocycles. The maximum Gasteiger partial charge on any atom is 0.186 e. The molecule has 5 N–H and O–H groups in total. The number of phenolic OH excluding ortho intramolecular Hbond substituents is 1. The van der Waals surface area contributed by atoms with E-state index in [2.05, 4.69) is 0 Å². The van der Waals surface area contributed by atoms with E-state index >= 15 is 0 Å². The van der Waals surface area contributed by atoms with Crippen LogP contribution in [-0.4, -0.2) is 69.5 Å². The highest BCUT2D eigenvalue weighted by molar-refractivity contribution is 5.33. The Morgan fingerprint density at radius 1 is 1.04 bits per heavy atom. The van der Waals surface area contributed by atoms with Crippen LogP contribution in [0.1, 0.15) is 24.8 Å². The number of aliphatic hydroxyl groups excluding tert-OH is 4. The molecule has 1 heterocycles. The second-order valence-corrected chi connectivity index (χ2v) is 6.69. The standard InChI is InChI=1S/C17H24O7/c18-8-12-13(20)14(21)15(22)16(24-12)23-9-17(6-1-7-17)10-2-4-11(19)5-3-10/h2-5,12-16,18-22H,1,6-9H2/t12-,13-,14+,15-,16-/m1/s1. The van der Waals surface area contributed by atoms with E-state index in [9.17, 15) is 25.5 Å². The van der Waals surface area contributed by atoms with Crippen molar-refractivity contribution in [2.24, 2.45) is 0 Å². The largest absolute Gasteiger partial charge is 0.508 e. The van der Waals surface area contributed by atoms with Crippen LogP contribution < -0.4 is 0 Å². The van der Waals surface area contributed by atoms with E-state index in [0.29, 0.717) is 0 Å². The van der Waals surface area contributed by atoms with E-state index < -0.39 is 37.3 Å². The lowest BCUT2D eigenvalue weighted by molar-refractivity contribution is -0.305. The van der Waals surface area contributed by atoms with E-state index in [1.165, 1.54) is 0 Å². The molecular formula is C17H24O7. The average molecular weight is 340 g/mol. The van der Waals surface area contributed by atoms with Gasteiger partial charge >= 0.3 is 0 Å². The molecule has 1 aliphatic heterocycles. The number of phenols is 1. The third kappa shape index (κ3) is 3.15. The Morgan fingerprint density at radius 2 is 1.71 bits per heavy atom. The number of benzene rings is 1. The lowest BCUT2D eigenvalue weighted by Crippen LogP contribution is -2.59. The van der Waals surface area contributed by atoms with E-state index in [4.69, 9.17) is 9.47 Å². The third-order valence-corrected chi connectivity index (χ3v) is 5.16. The fourth-order valence-electron chi connectivity index (χ4n) is 3.38. The minimum Gasteiger partial charge on any atom is -0.508 e. The minimum absolute atomic E-state index is 0.197. The molecule has 1 saturated heterocycles. The fourth-order valence-corrected chi connectivity index (χ4v) is 3.38. The van der Waals surface area contributed by atoms with Crippen LogP contribution in [0.15, 0.2) is 24.3 Å². The Labute approximate surface area is 140 Å². The summed E-state index contributed by atoms with van der Waals surface area (Å²) in [5, 5.41) is 48.3. The Hall–Kier alpha value is -1.22. The van der Waals surface area contributed by atoms with Crippen molar-refractivity contribution < 1.29 is 35.0 Å². The molecule has 0 spiro atoms. The van der Waals surface area contributed by atoms with E-state index in [0.717, 1.165) is 24.8 Å². The van der Waals surface area contributed by atoms with Crippen LogP contribution in [0.3, 0.4) is 0 Å². The predicted molar refractivity (Wildman–Crippen MR) is 83.4 cm³/mol. The van der Waals surface area contributed by atoms with Crippen LogP contribution >= 0.6 is 0 Å². The van der Waals surface area contributed by atoms with E-state index in [-0.39, 0.29) is 17.8 Å². The second kappa shape index (κ2) is 6.95. The van der Waals surface area contributed by atoms with Crippen LogP contribution in [0.4, 0.5) is 0 Å². The van der Waals surface area contributed by atoms with Gasteiger partial charge in [0.25, 0.3) is 0 Å². The van der Waals surface area contributed by atoms with Crippen molar-refractivity contribution in [1.82, 2.24) is 0 Å². The summed E-state index contributed by atoms with van der Waals surface area (Å²) in [6.07, 6.45) is -3.43. The zero-order chi connectivity index (χ0) is 17.3. The average Bonchev–Trinajstić information content (AvgIpc) is 2.55. The molecule has 2 fully saturated rings. The number of aromatic hydroxyl groups is 1. The number of aliphatic hydroxyl groups is 4. The van der Waals surface area contributed by atoms with Gasteiger partial charge in [-0.05, 0) is 30.5 Å². The molecule has 0 bridgehead atoms. The first-order valence-electron chi connectivity index (χ1n) is 8.18. The van der Waals surface area contributed by atoms with Gasteiger partial charge in [0.05, 0.1) is 13.2 Å². The van der Waals surface area contributed by atoms with Crippen LogP contribution in [0.5, 0.6) is 5.75 Å². The fraction of sp³-hybridized carbons (Fsp3) is 0.647. The number of hydrogen-bond acceptors (Lipinski definition) is 7. The summed E-state index contributed by atoms with van der Waals surface area (Å²) in [6, 6.07) is 6.96. The van der Waals surface area contributed by atoms with E-state index in [1.54, 1.807) is 12.1 Å². The van der Waals surface area contributed by atoms with Crippen LogP contribution in [0.2, 0.25) is 0 Å². The van der Waals surface area contributed by atoms with Gasteiger partial charge in [-0.25, -0.2) is 0 Å². The Morgan fingerprint density at radius 3 is 2.25 bits per heavy atom. The quantitative estimate of drug-likeness (QED) is 0.496. The topological polar surface area (TPSA) is 120 Å². The highest BCUT2D eigenvalue weighted by atomic mass is 16.7. The summed E-state index contributed by atoms with van der Waals surface area (Å²) < 4.78 is 11.1. The summed E-state index contributed by atoms with van der Waals surface area (Å²) in [7, 11) is 0. The molecule has 3 rings (SSSR count). The van der Waals surface area contributed by atoms with Gasteiger partial charge in [0, 0.05) is 5.41 Å². The zero-order valence-corrected chi connectivity index (χ0v) is 13.3. The van der Waals surface area contributed by atoms with Crippen molar-refractivity contribution in [2.45, 2.75) is 55.4 Å². The highest BCUT2D eigenvalue weighted by Gasteiger charge is 2.46. The van der Waals surface area contributed by atoms with Crippen LogP contribution in [-0.2, 0) is 14.9 Å². The van der Waals surface area contributed by atoms with Crippen molar-refractivity contribution in [3.05, 3.63) is 29.8 Å². The van der Waals surface area contributed by atoms with Gasteiger partial charge in [-0.3, -0.25) is 0 Å². The first kappa shape index (κ1) is 17.6. The van der Waals surface area contributed by atoms with Crippen molar-refractivity contribution in [2.75, 3.05) is 13.2 Å². The zero-order valence-electron chi connectivity index (χ0n) is 13.3. The lowest BCUT2D eigenvalue weighted by atomic mass is 9.65. The predicted octanol–water partition coefficient (Wildman–Crippen LogP) is -0.370. The molecule has 7 heteroatoms. The Bertz CT molecular complexity index is 540. The number of ether oxygens (including phenoxy) is 2. The molecule has 1 aliphatic carbocycles. The van der Waals surface area contributed by atoms with Crippen LogP contribution in [0.25, 0.3) is 0 Å². The van der Waals surface area contributed by atoms with Crippen molar-refractivity contribution in [3.8, 4) is 5.75 Å². The van der Waals surface area contributed by atoms with Crippen molar-refractivity contribution >= 4 is 0 Å². The van der Waals surface area contributed by atoms with Crippen molar-refractivity contribution in [1.29, 1.82) is 0 Å². The summed E-state index contributed by atoms with van der Waals surface area (Å²) in [5.41, 5.74) is 0.822. The first-order chi connectivity index (χ1) is 11.5. The third-order valence-electron chi connectivity index (χ3n) is 5.16. The molecule has 0 amide bonds. The van der Waals surface area contributed by atoms with Crippen molar-refractivity contribution in [3.63, 3.8) is 0 Å². The molecule has 2 aliphatic rings. The molecule has 7 nitrogen and oxygen atoms in total. The SMILES string of the molecule is OC[C@H]1O[C@@H](OCC2(c3ccc(O)cc3)CCC2)[C@H](O)[C@@H](O)[C@@H]1O. The maximum atomic E-state index is 10.0. The molecule has 24 heavy (non-hydrogen) atoms. The number of rotatable bonds is 5. The molecule has 1 aromatic carbocycles. The molecule has 0 aromatic heterocycles. The van der Waals surface area contributed by atoms with Gasteiger partial charge in [-0.15, -0.1) is 0 Å². The Balaban J connectivity index is 1.68. The second-order valence-electron chi connectivity index (χ2n) is 6.69. The number of hydrogen-bond donors (Lipinski definition) is 5. The van der Waals surface area contributed by atoms with Gasteiger partial charge < -0.3 is 35.0 Å². The minimum atomic E-state index is -1.44. The molecule has 0 radical (unpaired) electrons. The summed E-state index contributed by atoms with van der Waals surface area (Å²) >= 11 is 0. The lowest BCUT2D eigenvalue weighted by Gasteiger charge is -2.45. The molecule has 5 atom stereocenters. The highest BCUT2D eigenvalue weighted by Crippen LogP contribution is 2.44. The molecule has 1 aromatic rings. The first-order valence-corrected chi connectivity index (χ1v) is 8.18. The monoisotopic (exact) mass is 340 g/mol.